The summed E-state index contributed by atoms with van der Waals surface area (Å²) in [6, 6.07) is 18.5. The third-order valence-electron chi connectivity index (χ3n) is 6.24. The summed E-state index contributed by atoms with van der Waals surface area (Å²) in [5, 5.41) is 0. The third-order valence-corrected chi connectivity index (χ3v) is 6.24. The van der Waals surface area contributed by atoms with E-state index < -0.39 is 11.2 Å². The molecule has 2 fully saturated rings. The van der Waals surface area contributed by atoms with Crippen LogP contribution in [0.25, 0.3) is 0 Å². The SMILES string of the molecule is CC1(C)O[C@@H]2CC[C@]3(C[C@H]2O1)C(=O)N(Cc1ccccc1)c1ccccc13. The highest BCUT2D eigenvalue weighted by Gasteiger charge is 2.57. The van der Waals surface area contributed by atoms with Crippen molar-refractivity contribution in [3.63, 3.8) is 0 Å². The Morgan fingerprint density at radius 1 is 1.00 bits per heavy atom. The maximum Gasteiger partial charge on any atom is 0.238 e. The molecule has 1 saturated heterocycles. The standard InChI is InChI=1S/C23H25NO3/c1-22(2)26-19-12-13-23(14-20(19)27-22)17-10-6-7-11-18(17)24(21(23)25)15-16-8-4-3-5-9-16/h3-11,19-20H,12-15H2,1-2H3/t19-,20-,23-/m1/s1. The van der Waals surface area contributed by atoms with Crippen LogP contribution in [0.3, 0.4) is 0 Å². The fourth-order valence-electron chi connectivity index (χ4n) is 5.12. The number of fused-ring (bicyclic) bond motifs is 3. The third kappa shape index (κ3) is 2.62. The first kappa shape index (κ1) is 17.0. The summed E-state index contributed by atoms with van der Waals surface area (Å²) >= 11 is 0. The lowest BCUT2D eigenvalue weighted by atomic mass is 9.68. The van der Waals surface area contributed by atoms with E-state index in [1.165, 1.54) is 0 Å². The molecule has 2 aliphatic heterocycles. The zero-order valence-corrected chi connectivity index (χ0v) is 15.9. The lowest BCUT2D eigenvalue weighted by Crippen LogP contribution is -2.48. The Balaban J connectivity index is 1.52. The molecule has 1 saturated carbocycles. The largest absolute Gasteiger partial charge is 0.345 e. The quantitative estimate of drug-likeness (QED) is 0.804. The van der Waals surface area contributed by atoms with Crippen LogP contribution in [-0.2, 0) is 26.2 Å². The molecular formula is C23H25NO3. The van der Waals surface area contributed by atoms with Crippen molar-refractivity contribution >= 4 is 11.6 Å². The van der Waals surface area contributed by atoms with Crippen molar-refractivity contribution in [2.45, 2.75) is 63.1 Å². The molecule has 0 unspecified atom stereocenters. The number of hydrogen-bond acceptors (Lipinski definition) is 3. The van der Waals surface area contributed by atoms with Gasteiger partial charge in [0.1, 0.15) is 0 Å². The van der Waals surface area contributed by atoms with Gasteiger partial charge in [0.25, 0.3) is 0 Å². The molecule has 1 spiro atoms. The van der Waals surface area contributed by atoms with Crippen LogP contribution in [0.15, 0.2) is 54.6 Å². The number of rotatable bonds is 2. The van der Waals surface area contributed by atoms with E-state index in [2.05, 4.69) is 24.3 Å². The van der Waals surface area contributed by atoms with Gasteiger partial charge in [-0.3, -0.25) is 4.79 Å². The Kier molecular flexibility index (Phi) is 3.72. The van der Waals surface area contributed by atoms with Gasteiger partial charge in [-0.2, -0.15) is 0 Å². The normalized spacial score (nSPS) is 31.2. The number of ether oxygens (including phenoxy) is 2. The van der Waals surface area contributed by atoms with E-state index in [0.29, 0.717) is 13.0 Å². The minimum absolute atomic E-state index is 0.0255. The van der Waals surface area contributed by atoms with Gasteiger partial charge >= 0.3 is 0 Å². The number of para-hydroxylation sites is 1. The number of anilines is 1. The second-order valence-corrected chi connectivity index (χ2v) is 8.43. The van der Waals surface area contributed by atoms with Crippen molar-refractivity contribution in [3.05, 3.63) is 65.7 Å². The lowest BCUT2D eigenvalue weighted by molar-refractivity contribution is -0.146. The van der Waals surface area contributed by atoms with Gasteiger partial charge in [0, 0.05) is 5.69 Å². The molecule has 1 amide bonds. The number of nitrogens with zero attached hydrogens (tertiary/aromatic N) is 1. The van der Waals surface area contributed by atoms with E-state index in [9.17, 15) is 4.79 Å². The van der Waals surface area contributed by atoms with Crippen LogP contribution in [0.5, 0.6) is 0 Å². The Labute approximate surface area is 160 Å². The van der Waals surface area contributed by atoms with Gasteiger partial charge < -0.3 is 14.4 Å². The number of amides is 1. The molecule has 27 heavy (non-hydrogen) atoms. The molecule has 1 aliphatic carbocycles. The van der Waals surface area contributed by atoms with Crippen LogP contribution < -0.4 is 4.90 Å². The summed E-state index contributed by atoms with van der Waals surface area (Å²) in [6.45, 7) is 4.53. The highest BCUT2D eigenvalue weighted by molar-refractivity contribution is 6.08. The van der Waals surface area contributed by atoms with Gasteiger partial charge in [-0.15, -0.1) is 0 Å². The summed E-state index contributed by atoms with van der Waals surface area (Å²) < 4.78 is 12.2. The highest BCUT2D eigenvalue weighted by Crippen LogP contribution is 2.53. The molecule has 2 aromatic carbocycles. The Hall–Kier alpha value is -2.17. The lowest BCUT2D eigenvalue weighted by Gasteiger charge is -2.37. The number of carbonyl (C=O) groups is 1. The summed E-state index contributed by atoms with van der Waals surface area (Å²) in [6.07, 6.45) is 2.43. The van der Waals surface area contributed by atoms with E-state index in [1.807, 2.05) is 49.1 Å². The first-order chi connectivity index (χ1) is 13.0. The first-order valence-corrected chi connectivity index (χ1v) is 9.80. The molecule has 0 radical (unpaired) electrons. The van der Waals surface area contributed by atoms with Gasteiger partial charge in [0.05, 0.1) is 24.2 Å². The summed E-state index contributed by atoms with van der Waals surface area (Å²) in [5.41, 5.74) is 2.85. The van der Waals surface area contributed by atoms with Crippen molar-refractivity contribution in [1.29, 1.82) is 0 Å². The van der Waals surface area contributed by atoms with Crippen LogP contribution in [-0.4, -0.2) is 23.9 Å². The predicted molar refractivity (Wildman–Crippen MR) is 103 cm³/mol. The van der Waals surface area contributed by atoms with E-state index in [-0.39, 0.29) is 18.1 Å². The van der Waals surface area contributed by atoms with Gasteiger partial charge in [-0.1, -0.05) is 48.5 Å². The topological polar surface area (TPSA) is 38.8 Å². The van der Waals surface area contributed by atoms with Gasteiger partial charge in [-0.25, -0.2) is 0 Å². The molecule has 0 aromatic heterocycles. The average Bonchev–Trinajstić information content (AvgIpc) is 3.09. The molecule has 3 aliphatic rings. The van der Waals surface area contributed by atoms with Crippen molar-refractivity contribution in [2.24, 2.45) is 0 Å². The van der Waals surface area contributed by atoms with Crippen molar-refractivity contribution < 1.29 is 14.3 Å². The monoisotopic (exact) mass is 363 g/mol. The number of benzene rings is 2. The van der Waals surface area contributed by atoms with Crippen LogP contribution in [0.4, 0.5) is 5.69 Å². The molecular weight excluding hydrogens is 338 g/mol. The van der Waals surface area contributed by atoms with Crippen molar-refractivity contribution in [3.8, 4) is 0 Å². The number of hydrogen-bond donors (Lipinski definition) is 0. The van der Waals surface area contributed by atoms with Crippen LogP contribution in [0, 0.1) is 0 Å². The molecule has 4 heteroatoms. The maximum absolute atomic E-state index is 13.7. The average molecular weight is 363 g/mol. The fourth-order valence-corrected chi connectivity index (χ4v) is 5.12. The zero-order chi connectivity index (χ0) is 18.6. The second kappa shape index (κ2) is 5.91. The van der Waals surface area contributed by atoms with E-state index in [4.69, 9.17) is 9.47 Å². The summed E-state index contributed by atoms with van der Waals surface area (Å²) in [5.74, 6) is -0.356. The summed E-state index contributed by atoms with van der Waals surface area (Å²) in [7, 11) is 0. The minimum atomic E-state index is -0.564. The Morgan fingerprint density at radius 3 is 2.52 bits per heavy atom. The van der Waals surface area contributed by atoms with Gasteiger partial charge in [0.2, 0.25) is 5.91 Å². The zero-order valence-electron chi connectivity index (χ0n) is 15.9. The minimum Gasteiger partial charge on any atom is -0.345 e. The molecule has 5 rings (SSSR count). The van der Waals surface area contributed by atoms with Gasteiger partial charge in [-0.05, 0) is 50.3 Å². The molecule has 4 nitrogen and oxygen atoms in total. The highest BCUT2D eigenvalue weighted by atomic mass is 16.7. The second-order valence-electron chi connectivity index (χ2n) is 8.43. The Morgan fingerprint density at radius 2 is 1.70 bits per heavy atom. The molecule has 2 aromatic rings. The predicted octanol–water partition coefficient (Wildman–Crippen LogP) is 4.18. The Bertz CT molecular complexity index is 878. The maximum atomic E-state index is 13.7. The van der Waals surface area contributed by atoms with E-state index in [1.54, 1.807) is 0 Å². The molecule has 2 heterocycles. The molecule has 0 bridgehead atoms. The first-order valence-electron chi connectivity index (χ1n) is 9.80. The number of carbonyl (C=O) groups excluding carboxylic acids is 1. The van der Waals surface area contributed by atoms with E-state index in [0.717, 1.165) is 29.7 Å². The molecule has 0 N–H and O–H groups in total. The van der Waals surface area contributed by atoms with E-state index >= 15 is 0 Å². The molecule has 3 atom stereocenters. The van der Waals surface area contributed by atoms with Crippen LogP contribution in [0.1, 0.15) is 44.2 Å². The van der Waals surface area contributed by atoms with Crippen molar-refractivity contribution in [2.75, 3.05) is 4.90 Å². The fraction of sp³-hybridized carbons (Fsp3) is 0.435. The van der Waals surface area contributed by atoms with Gasteiger partial charge in [0.15, 0.2) is 5.79 Å². The van der Waals surface area contributed by atoms with Crippen molar-refractivity contribution in [1.82, 2.24) is 0 Å². The smallest absolute Gasteiger partial charge is 0.238 e. The summed E-state index contributed by atoms with van der Waals surface area (Å²) in [4.78, 5) is 15.7. The molecule has 140 valence electrons. The van der Waals surface area contributed by atoms with Crippen LogP contribution >= 0.6 is 0 Å². The van der Waals surface area contributed by atoms with Crippen LogP contribution in [0.2, 0.25) is 0 Å².